The van der Waals surface area contributed by atoms with E-state index < -0.39 is 0 Å². The van der Waals surface area contributed by atoms with Gasteiger partial charge in [-0.05, 0) is 30.4 Å². The minimum Gasteiger partial charge on any atom is -0.453 e. The molecule has 1 saturated heterocycles. The van der Waals surface area contributed by atoms with E-state index in [0.717, 1.165) is 43.6 Å². The molecule has 1 saturated carbocycles. The third-order valence-corrected chi connectivity index (χ3v) is 6.28. The van der Waals surface area contributed by atoms with Crippen molar-refractivity contribution in [1.29, 1.82) is 0 Å². The number of methoxy groups -OCH3 is 2. The van der Waals surface area contributed by atoms with Crippen LogP contribution in [0.4, 0.5) is 4.79 Å². The molecule has 0 radical (unpaired) electrons. The molecule has 9 nitrogen and oxygen atoms in total. The van der Waals surface area contributed by atoms with Crippen LogP contribution in [0.1, 0.15) is 40.4 Å². The van der Waals surface area contributed by atoms with Crippen LogP contribution in [-0.2, 0) is 22.4 Å². The van der Waals surface area contributed by atoms with Gasteiger partial charge >= 0.3 is 6.09 Å². The second-order valence-corrected chi connectivity index (χ2v) is 8.22. The Morgan fingerprint density at radius 1 is 1.07 bits per heavy atom. The average Bonchev–Trinajstić information content (AvgIpc) is 3.61. The molecule has 0 bridgehead atoms. The molecule has 3 heterocycles. The summed E-state index contributed by atoms with van der Waals surface area (Å²) >= 11 is 0. The van der Waals surface area contributed by atoms with Gasteiger partial charge in [0.2, 0.25) is 0 Å². The molecule has 3 aliphatic rings. The zero-order valence-corrected chi connectivity index (χ0v) is 17.8. The molecule has 164 valence electrons. The highest BCUT2D eigenvalue weighted by atomic mass is 16.5. The summed E-state index contributed by atoms with van der Waals surface area (Å²) in [5, 5.41) is 0. The second kappa shape index (κ2) is 8.77. The lowest BCUT2D eigenvalue weighted by Gasteiger charge is -2.35. The van der Waals surface area contributed by atoms with Crippen molar-refractivity contribution in [2.24, 2.45) is 0 Å². The minimum absolute atomic E-state index is 0.161. The van der Waals surface area contributed by atoms with E-state index in [1.807, 2.05) is 6.20 Å². The highest BCUT2D eigenvalue weighted by molar-refractivity contribution is 5.96. The fourth-order valence-corrected chi connectivity index (χ4v) is 4.36. The summed E-state index contributed by atoms with van der Waals surface area (Å²) in [7, 11) is 3.05. The standard InChI is InChI=1S/C21H30N4O5/c1-29-12-11-22-7-9-23(10-8-22)19(26)18-17-5-6-24(21(28)30-2)13-15(17)14-25(20(18)27)16-3-4-16/h14,16H,3-13H2,1-2H3. The fourth-order valence-electron chi connectivity index (χ4n) is 4.36. The molecular weight excluding hydrogens is 388 g/mol. The lowest BCUT2D eigenvalue weighted by Crippen LogP contribution is -2.51. The molecular formula is C21H30N4O5. The van der Waals surface area contributed by atoms with Crippen LogP contribution in [0.3, 0.4) is 0 Å². The van der Waals surface area contributed by atoms with Gasteiger partial charge in [-0.2, -0.15) is 0 Å². The lowest BCUT2D eigenvalue weighted by atomic mass is 9.95. The molecule has 0 spiro atoms. The van der Waals surface area contributed by atoms with E-state index in [4.69, 9.17) is 9.47 Å². The number of rotatable bonds is 5. The third-order valence-electron chi connectivity index (χ3n) is 6.28. The van der Waals surface area contributed by atoms with Gasteiger partial charge < -0.3 is 23.8 Å². The Balaban J connectivity index is 1.60. The van der Waals surface area contributed by atoms with Crippen molar-refractivity contribution in [3.63, 3.8) is 0 Å². The molecule has 0 unspecified atom stereocenters. The van der Waals surface area contributed by atoms with Gasteiger partial charge in [-0.1, -0.05) is 0 Å². The van der Waals surface area contributed by atoms with E-state index in [1.54, 1.807) is 21.5 Å². The number of carbonyl (C=O) groups is 2. The van der Waals surface area contributed by atoms with Crippen LogP contribution in [0, 0.1) is 0 Å². The van der Waals surface area contributed by atoms with E-state index in [0.29, 0.717) is 44.8 Å². The van der Waals surface area contributed by atoms with Crippen LogP contribution in [0.15, 0.2) is 11.0 Å². The van der Waals surface area contributed by atoms with Gasteiger partial charge in [-0.3, -0.25) is 14.5 Å². The summed E-state index contributed by atoms with van der Waals surface area (Å²) < 4.78 is 11.7. The van der Waals surface area contributed by atoms with Crippen LogP contribution in [0.5, 0.6) is 0 Å². The molecule has 4 rings (SSSR count). The van der Waals surface area contributed by atoms with Gasteiger partial charge in [0, 0.05) is 58.6 Å². The van der Waals surface area contributed by atoms with Gasteiger partial charge in [-0.25, -0.2) is 4.79 Å². The predicted octanol–water partition coefficient (Wildman–Crippen LogP) is 0.712. The summed E-state index contributed by atoms with van der Waals surface area (Å²) in [6, 6.07) is 0.161. The number of hydrogen-bond acceptors (Lipinski definition) is 6. The SMILES string of the molecule is COCCN1CCN(C(=O)c2c3c(cn(C4CC4)c2=O)CN(C(=O)OC)CC3)CC1. The maximum Gasteiger partial charge on any atom is 0.409 e. The Labute approximate surface area is 176 Å². The first-order chi connectivity index (χ1) is 14.5. The Morgan fingerprint density at radius 2 is 1.80 bits per heavy atom. The molecule has 0 N–H and O–H groups in total. The first kappa shape index (κ1) is 20.9. The largest absolute Gasteiger partial charge is 0.453 e. The smallest absolute Gasteiger partial charge is 0.409 e. The van der Waals surface area contributed by atoms with E-state index >= 15 is 0 Å². The number of fused-ring (bicyclic) bond motifs is 1. The minimum atomic E-state index is -0.384. The summed E-state index contributed by atoms with van der Waals surface area (Å²) in [6.45, 7) is 5.07. The van der Waals surface area contributed by atoms with Crippen molar-refractivity contribution in [1.82, 2.24) is 19.3 Å². The van der Waals surface area contributed by atoms with Crippen LogP contribution >= 0.6 is 0 Å². The Morgan fingerprint density at radius 3 is 2.43 bits per heavy atom. The maximum absolute atomic E-state index is 13.4. The molecule has 2 amide bonds. The van der Waals surface area contributed by atoms with Gasteiger partial charge in [0.25, 0.3) is 11.5 Å². The molecule has 30 heavy (non-hydrogen) atoms. The molecule has 2 aliphatic heterocycles. The van der Waals surface area contributed by atoms with Crippen molar-refractivity contribution < 1.29 is 19.1 Å². The van der Waals surface area contributed by atoms with Crippen LogP contribution in [0.25, 0.3) is 0 Å². The first-order valence-corrected chi connectivity index (χ1v) is 10.6. The monoisotopic (exact) mass is 418 g/mol. The number of amides is 2. The zero-order valence-electron chi connectivity index (χ0n) is 17.8. The van der Waals surface area contributed by atoms with Gasteiger partial charge in [-0.15, -0.1) is 0 Å². The number of pyridine rings is 1. The van der Waals surface area contributed by atoms with Crippen LogP contribution in [-0.4, -0.2) is 91.4 Å². The highest BCUT2D eigenvalue weighted by Crippen LogP contribution is 2.35. The normalized spacial score (nSPS) is 19.5. The summed E-state index contributed by atoms with van der Waals surface area (Å²) in [5.41, 5.74) is 1.79. The van der Waals surface area contributed by atoms with Crippen LogP contribution < -0.4 is 5.56 Å². The Bertz CT molecular complexity index is 871. The lowest BCUT2D eigenvalue weighted by molar-refractivity contribution is 0.0590. The molecule has 1 aromatic heterocycles. The summed E-state index contributed by atoms with van der Waals surface area (Å²) in [4.78, 5) is 44.4. The number of ether oxygens (including phenoxy) is 2. The van der Waals surface area contributed by atoms with Gasteiger partial charge in [0.1, 0.15) is 5.56 Å². The third kappa shape index (κ3) is 4.09. The molecule has 1 aliphatic carbocycles. The van der Waals surface area contributed by atoms with Crippen molar-refractivity contribution in [3.8, 4) is 0 Å². The maximum atomic E-state index is 13.4. The van der Waals surface area contributed by atoms with Gasteiger partial charge in [0.15, 0.2) is 0 Å². The summed E-state index contributed by atoms with van der Waals surface area (Å²) in [5.74, 6) is -0.177. The Hall–Kier alpha value is -2.39. The summed E-state index contributed by atoms with van der Waals surface area (Å²) in [6.07, 6.45) is 3.85. The van der Waals surface area contributed by atoms with E-state index in [-0.39, 0.29) is 23.6 Å². The Kier molecular flexibility index (Phi) is 6.10. The molecule has 9 heteroatoms. The van der Waals surface area contributed by atoms with Crippen LogP contribution in [0.2, 0.25) is 0 Å². The van der Waals surface area contributed by atoms with Crippen molar-refractivity contribution >= 4 is 12.0 Å². The van der Waals surface area contributed by atoms with E-state index in [1.165, 1.54) is 7.11 Å². The topological polar surface area (TPSA) is 84.3 Å². The zero-order chi connectivity index (χ0) is 21.3. The quantitative estimate of drug-likeness (QED) is 0.700. The van der Waals surface area contributed by atoms with E-state index in [9.17, 15) is 14.4 Å². The number of aromatic nitrogens is 1. The van der Waals surface area contributed by atoms with Crippen molar-refractivity contribution in [3.05, 3.63) is 33.2 Å². The average molecular weight is 418 g/mol. The number of hydrogen-bond donors (Lipinski definition) is 0. The first-order valence-electron chi connectivity index (χ1n) is 10.6. The highest BCUT2D eigenvalue weighted by Gasteiger charge is 2.34. The van der Waals surface area contributed by atoms with E-state index in [2.05, 4.69) is 4.90 Å². The molecule has 0 aromatic carbocycles. The van der Waals surface area contributed by atoms with Gasteiger partial charge in [0.05, 0.1) is 20.3 Å². The molecule has 1 aromatic rings. The number of piperazine rings is 1. The fraction of sp³-hybridized carbons (Fsp3) is 0.667. The number of nitrogens with zero attached hydrogens (tertiary/aromatic N) is 4. The second-order valence-electron chi connectivity index (χ2n) is 8.22. The number of carbonyl (C=O) groups excluding carboxylic acids is 2. The van der Waals surface area contributed by atoms with Crippen molar-refractivity contribution in [2.75, 3.05) is 60.1 Å². The predicted molar refractivity (Wildman–Crippen MR) is 110 cm³/mol. The molecule has 0 atom stereocenters. The molecule has 2 fully saturated rings. The van der Waals surface area contributed by atoms with Crippen molar-refractivity contribution in [2.45, 2.75) is 31.8 Å².